The first-order valence-electron chi connectivity index (χ1n) is 9.52. The van der Waals surface area contributed by atoms with Gasteiger partial charge < -0.3 is 15.4 Å². The number of piperazine rings is 1. The number of hydrogen-bond acceptors (Lipinski definition) is 6. The number of nitrogens with one attached hydrogen (secondary N) is 1. The molecule has 0 spiro atoms. The Labute approximate surface area is 164 Å². The van der Waals surface area contributed by atoms with Crippen molar-refractivity contribution in [1.82, 2.24) is 20.0 Å². The maximum Gasteiger partial charge on any atom is 0.318 e. The average molecular weight is 389 g/mol. The van der Waals surface area contributed by atoms with Crippen LogP contribution in [0.25, 0.3) is 0 Å². The second-order valence-corrected chi connectivity index (χ2v) is 6.97. The van der Waals surface area contributed by atoms with Crippen molar-refractivity contribution in [2.45, 2.75) is 6.04 Å². The highest BCUT2D eigenvalue weighted by Gasteiger charge is 2.32. The second-order valence-electron chi connectivity index (χ2n) is 6.97. The minimum Gasteiger partial charge on any atom is -0.379 e. The number of urea groups is 1. The monoisotopic (exact) mass is 389 g/mol. The van der Waals surface area contributed by atoms with Crippen LogP contribution in [0.3, 0.4) is 0 Å². The van der Waals surface area contributed by atoms with E-state index in [1.165, 1.54) is 0 Å². The molecule has 2 heterocycles. The van der Waals surface area contributed by atoms with E-state index in [2.05, 4.69) is 10.2 Å². The number of nitrogens with two attached hydrogens (primary N) is 1. The van der Waals surface area contributed by atoms with Crippen LogP contribution in [0.2, 0.25) is 0 Å². The Bertz CT molecular complexity index is 685. The SMILES string of the molecule is NC(=O)NC(=O)C(c1ccccc1)N1CCN(C(=O)CN2CCOCC2)CC1. The third kappa shape index (κ3) is 5.28. The normalized spacial score (nSPS) is 19.8. The predicted octanol–water partition coefficient (Wildman–Crippen LogP) is -0.601. The number of carbonyl (C=O) groups is 3. The quantitative estimate of drug-likeness (QED) is 0.696. The lowest BCUT2D eigenvalue weighted by Crippen LogP contribution is -2.55. The van der Waals surface area contributed by atoms with E-state index in [9.17, 15) is 14.4 Å². The summed E-state index contributed by atoms with van der Waals surface area (Å²) in [5, 5.41) is 2.19. The van der Waals surface area contributed by atoms with Crippen molar-refractivity contribution < 1.29 is 19.1 Å². The number of amides is 4. The number of nitrogens with zero attached hydrogens (tertiary/aromatic N) is 3. The lowest BCUT2D eigenvalue weighted by molar-refractivity contribution is -0.136. The fourth-order valence-electron chi connectivity index (χ4n) is 3.63. The molecule has 2 saturated heterocycles. The minimum absolute atomic E-state index is 0.0967. The van der Waals surface area contributed by atoms with Gasteiger partial charge in [-0.15, -0.1) is 0 Å². The van der Waals surface area contributed by atoms with Gasteiger partial charge in [-0.1, -0.05) is 30.3 Å². The molecule has 1 aromatic carbocycles. The summed E-state index contributed by atoms with van der Waals surface area (Å²) in [6.07, 6.45) is 0. The molecule has 1 aromatic rings. The molecule has 3 rings (SSSR count). The zero-order valence-corrected chi connectivity index (χ0v) is 15.9. The first-order chi connectivity index (χ1) is 13.5. The zero-order chi connectivity index (χ0) is 19.9. The summed E-state index contributed by atoms with van der Waals surface area (Å²) in [5.74, 6) is -0.355. The van der Waals surface area contributed by atoms with Gasteiger partial charge in [0.25, 0.3) is 0 Å². The maximum atomic E-state index is 12.6. The number of ether oxygens (including phenoxy) is 1. The van der Waals surface area contributed by atoms with Crippen molar-refractivity contribution in [3.63, 3.8) is 0 Å². The van der Waals surface area contributed by atoms with Crippen molar-refractivity contribution in [2.75, 3.05) is 59.0 Å². The van der Waals surface area contributed by atoms with Gasteiger partial charge in [-0.25, -0.2) is 4.79 Å². The molecule has 9 nitrogen and oxygen atoms in total. The molecule has 9 heteroatoms. The molecular weight excluding hydrogens is 362 g/mol. The number of primary amides is 1. The largest absolute Gasteiger partial charge is 0.379 e. The first-order valence-corrected chi connectivity index (χ1v) is 9.52. The van der Waals surface area contributed by atoms with E-state index in [1.54, 1.807) is 0 Å². The average Bonchev–Trinajstić information content (AvgIpc) is 2.70. The summed E-state index contributed by atoms with van der Waals surface area (Å²) in [4.78, 5) is 42.2. The highest BCUT2D eigenvalue weighted by molar-refractivity contribution is 5.96. The lowest BCUT2D eigenvalue weighted by atomic mass is 10.0. The van der Waals surface area contributed by atoms with Gasteiger partial charge in [0.05, 0.1) is 19.8 Å². The smallest absolute Gasteiger partial charge is 0.318 e. The Morgan fingerprint density at radius 2 is 1.64 bits per heavy atom. The van der Waals surface area contributed by atoms with Crippen molar-refractivity contribution in [3.05, 3.63) is 35.9 Å². The van der Waals surface area contributed by atoms with Crippen LogP contribution < -0.4 is 11.1 Å². The molecule has 2 fully saturated rings. The highest BCUT2D eigenvalue weighted by atomic mass is 16.5. The molecular formula is C19H27N5O4. The lowest BCUT2D eigenvalue weighted by Gasteiger charge is -2.39. The summed E-state index contributed by atoms with van der Waals surface area (Å²) in [7, 11) is 0. The third-order valence-corrected chi connectivity index (χ3v) is 5.10. The van der Waals surface area contributed by atoms with Crippen LogP contribution in [-0.2, 0) is 14.3 Å². The number of imide groups is 1. The predicted molar refractivity (Wildman–Crippen MR) is 102 cm³/mol. The van der Waals surface area contributed by atoms with Crippen LogP contribution in [-0.4, -0.2) is 91.6 Å². The fourth-order valence-corrected chi connectivity index (χ4v) is 3.63. The summed E-state index contributed by atoms with van der Waals surface area (Å²) >= 11 is 0. The van der Waals surface area contributed by atoms with Gasteiger partial charge in [0.2, 0.25) is 11.8 Å². The number of hydrogen-bond donors (Lipinski definition) is 2. The van der Waals surface area contributed by atoms with Crippen LogP contribution in [0.1, 0.15) is 11.6 Å². The summed E-state index contributed by atoms with van der Waals surface area (Å²) in [6.45, 7) is 5.43. The Morgan fingerprint density at radius 3 is 2.25 bits per heavy atom. The molecule has 0 aromatic heterocycles. The molecule has 0 radical (unpaired) electrons. The van der Waals surface area contributed by atoms with E-state index < -0.39 is 18.0 Å². The van der Waals surface area contributed by atoms with E-state index in [0.29, 0.717) is 45.9 Å². The fraction of sp³-hybridized carbons (Fsp3) is 0.526. The number of morpholine rings is 1. The molecule has 1 unspecified atom stereocenters. The Balaban J connectivity index is 1.60. The molecule has 1 atom stereocenters. The maximum absolute atomic E-state index is 12.6. The van der Waals surface area contributed by atoms with Gasteiger partial charge in [-0.2, -0.15) is 0 Å². The van der Waals surface area contributed by atoms with Crippen molar-refractivity contribution >= 4 is 17.8 Å². The van der Waals surface area contributed by atoms with Crippen molar-refractivity contribution in [2.24, 2.45) is 5.73 Å². The minimum atomic E-state index is -0.870. The van der Waals surface area contributed by atoms with Crippen molar-refractivity contribution in [1.29, 1.82) is 0 Å². The van der Waals surface area contributed by atoms with Crippen LogP contribution >= 0.6 is 0 Å². The molecule has 2 aliphatic rings. The molecule has 0 saturated carbocycles. The van der Waals surface area contributed by atoms with Gasteiger partial charge in [-0.05, 0) is 5.56 Å². The van der Waals surface area contributed by atoms with Gasteiger partial charge >= 0.3 is 6.03 Å². The Kier molecular flexibility index (Phi) is 6.96. The Morgan fingerprint density at radius 1 is 1.00 bits per heavy atom. The molecule has 28 heavy (non-hydrogen) atoms. The molecule has 4 amide bonds. The van der Waals surface area contributed by atoms with E-state index in [0.717, 1.165) is 18.7 Å². The standard InChI is InChI=1S/C19H27N5O4/c20-19(27)21-18(26)17(15-4-2-1-3-5-15)24-8-6-23(7-9-24)16(25)14-22-10-12-28-13-11-22/h1-5,17H,6-14H2,(H3,20,21,26,27). The second kappa shape index (κ2) is 9.63. The van der Waals surface area contributed by atoms with Crippen molar-refractivity contribution in [3.8, 4) is 0 Å². The molecule has 0 aliphatic carbocycles. The van der Waals surface area contributed by atoms with Crippen LogP contribution in [0, 0.1) is 0 Å². The highest BCUT2D eigenvalue weighted by Crippen LogP contribution is 2.22. The van der Waals surface area contributed by atoms with E-state index in [-0.39, 0.29) is 5.91 Å². The van der Waals surface area contributed by atoms with Crippen LogP contribution in [0.15, 0.2) is 30.3 Å². The molecule has 2 aliphatic heterocycles. The number of rotatable bonds is 5. The van der Waals surface area contributed by atoms with Crippen LogP contribution in [0.4, 0.5) is 4.79 Å². The number of carbonyl (C=O) groups excluding carboxylic acids is 3. The van der Waals surface area contributed by atoms with Gasteiger partial charge in [-0.3, -0.25) is 24.7 Å². The van der Waals surface area contributed by atoms with E-state index in [4.69, 9.17) is 10.5 Å². The topological polar surface area (TPSA) is 108 Å². The summed E-state index contributed by atoms with van der Waals surface area (Å²) < 4.78 is 5.32. The van der Waals surface area contributed by atoms with E-state index in [1.807, 2.05) is 40.1 Å². The van der Waals surface area contributed by atoms with Gasteiger partial charge in [0.15, 0.2) is 0 Å². The molecule has 152 valence electrons. The van der Waals surface area contributed by atoms with E-state index >= 15 is 0 Å². The summed E-state index contributed by atoms with van der Waals surface area (Å²) in [5.41, 5.74) is 5.92. The van der Waals surface area contributed by atoms with Gasteiger partial charge in [0, 0.05) is 39.3 Å². The third-order valence-electron chi connectivity index (χ3n) is 5.10. The van der Waals surface area contributed by atoms with Crippen LogP contribution in [0.5, 0.6) is 0 Å². The number of benzene rings is 1. The molecule has 0 bridgehead atoms. The zero-order valence-electron chi connectivity index (χ0n) is 15.9. The first kappa shape index (κ1) is 20.2. The molecule has 3 N–H and O–H groups in total. The van der Waals surface area contributed by atoms with Gasteiger partial charge in [0.1, 0.15) is 6.04 Å². The Hall–Kier alpha value is -2.49. The summed E-state index contributed by atoms with van der Waals surface area (Å²) in [6, 6.07) is 7.77.